The van der Waals surface area contributed by atoms with Gasteiger partial charge in [0.25, 0.3) is 0 Å². The quantitative estimate of drug-likeness (QED) is 0.831. The summed E-state index contributed by atoms with van der Waals surface area (Å²) in [5.74, 6) is 0.250. The summed E-state index contributed by atoms with van der Waals surface area (Å²) in [7, 11) is 0. The molecule has 0 bridgehead atoms. The maximum Gasteiger partial charge on any atom is 0.223 e. The predicted octanol–water partition coefficient (Wildman–Crippen LogP) is 1.98. The molecule has 19 heavy (non-hydrogen) atoms. The van der Waals surface area contributed by atoms with Crippen LogP contribution in [0.5, 0.6) is 0 Å². The van der Waals surface area contributed by atoms with Crippen molar-refractivity contribution >= 4 is 11.7 Å². The van der Waals surface area contributed by atoms with Crippen molar-refractivity contribution in [3.8, 4) is 0 Å². The first-order valence-electron chi connectivity index (χ1n) is 6.74. The summed E-state index contributed by atoms with van der Waals surface area (Å²) in [6.07, 6.45) is 6.20. The highest BCUT2D eigenvalue weighted by Crippen LogP contribution is 2.26. The van der Waals surface area contributed by atoms with Crippen molar-refractivity contribution in [3.05, 3.63) is 30.1 Å². The highest BCUT2D eigenvalue weighted by atomic mass is 16.2. The van der Waals surface area contributed by atoms with Crippen LogP contribution in [0.2, 0.25) is 0 Å². The maximum atomic E-state index is 12.2. The van der Waals surface area contributed by atoms with Gasteiger partial charge in [-0.15, -0.1) is 0 Å². The summed E-state index contributed by atoms with van der Waals surface area (Å²) >= 11 is 0. The number of rotatable bonds is 4. The van der Waals surface area contributed by atoms with Crippen molar-refractivity contribution in [1.82, 2.24) is 9.88 Å². The van der Waals surface area contributed by atoms with Gasteiger partial charge < -0.3 is 4.90 Å². The number of carbonyl (C=O) groups is 2. The normalized spacial score (nSPS) is 17.8. The Morgan fingerprint density at radius 3 is 2.63 bits per heavy atom. The van der Waals surface area contributed by atoms with Gasteiger partial charge in [-0.05, 0) is 44.4 Å². The standard InChI is InChI=1S/C15H20N2O2/c1-15(2)13(18)8-11-17(15)14(19)5-3-4-12-6-9-16-10-7-12/h6-7,9-10H,3-5,8,11H2,1-2H3. The summed E-state index contributed by atoms with van der Waals surface area (Å²) < 4.78 is 0. The monoisotopic (exact) mass is 260 g/mol. The lowest BCUT2D eigenvalue weighted by Gasteiger charge is -2.30. The largest absolute Gasteiger partial charge is 0.330 e. The van der Waals surface area contributed by atoms with Gasteiger partial charge in [0.1, 0.15) is 0 Å². The van der Waals surface area contributed by atoms with Gasteiger partial charge in [0.05, 0.1) is 5.54 Å². The number of pyridine rings is 1. The zero-order valence-electron chi connectivity index (χ0n) is 11.6. The fourth-order valence-corrected chi connectivity index (χ4v) is 2.51. The molecule has 0 spiro atoms. The number of ketones is 1. The van der Waals surface area contributed by atoms with Crippen molar-refractivity contribution in [2.24, 2.45) is 0 Å². The zero-order chi connectivity index (χ0) is 13.9. The molecule has 1 aromatic rings. The molecular formula is C15H20N2O2. The number of aryl methyl sites for hydroxylation is 1. The van der Waals surface area contributed by atoms with E-state index in [1.807, 2.05) is 26.0 Å². The fourth-order valence-electron chi connectivity index (χ4n) is 2.51. The molecule has 1 aliphatic rings. The van der Waals surface area contributed by atoms with E-state index in [0.717, 1.165) is 12.8 Å². The number of amides is 1. The van der Waals surface area contributed by atoms with Gasteiger partial charge in [-0.3, -0.25) is 14.6 Å². The number of nitrogens with zero attached hydrogens (tertiary/aromatic N) is 2. The third-order valence-corrected chi connectivity index (χ3v) is 3.83. The number of hydrogen-bond donors (Lipinski definition) is 0. The molecule has 0 radical (unpaired) electrons. The van der Waals surface area contributed by atoms with Crippen LogP contribution in [0.25, 0.3) is 0 Å². The molecule has 4 nitrogen and oxygen atoms in total. The Bertz CT molecular complexity index is 468. The van der Waals surface area contributed by atoms with Crippen LogP contribution in [0.3, 0.4) is 0 Å². The van der Waals surface area contributed by atoms with E-state index in [1.54, 1.807) is 17.3 Å². The Hall–Kier alpha value is -1.71. The lowest BCUT2D eigenvalue weighted by molar-refractivity contribution is -0.138. The van der Waals surface area contributed by atoms with Crippen molar-refractivity contribution < 1.29 is 9.59 Å². The second-order valence-corrected chi connectivity index (χ2v) is 5.49. The second kappa shape index (κ2) is 5.51. The molecule has 0 saturated carbocycles. The number of hydrogen-bond acceptors (Lipinski definition) is 3. The van der Waals surface area contributed by atoms with E-state index in [-0.39, 0.29) is 11.7 Å². The van der Waals surface area contributed by atoms with Crippen LogP contribution in [0.4, 0.5) is 0 Å². The van der Waals surface area contributed by atoms with Crippen LogP contribution in [0.15, 0.2) is 24.5 Å². The summed E-state index contributed by atoms with van der Waals surface area (Å²) in [4.78, 5) is 29.6. The van der Waals surface area contributed by atoms with Gasteiger partial charge in [-0.1, -0.05) is 0 Å². The summed E-state index contributed by atoms with van der Waals surface area (Å²) in [6, 6.07) is 3.93. The van der Waals surface area contributed by atoms with E-state index >= 15 is 0 Å². The van der Waals surface area contributed by atoms with Crippen LogP contribution < -0.4 is 0 Å². The number of aromatic nitrogens is 1. The third-order valence-electron chi connectivity index (χ3n) is 3.83. The van der Waals surface area contributed by atoms with Crippen LogP contribution in [0, 0.1) is 0 Å². The topological polar surface area (TPSA) is 50.3 Å². The molecule has 2 rings (SSSR count). The van der Waals surface area contributed by atoms with Crippen LogP contribution in [-0.2, 0) is 16.0 Å². The lowest BCUT2D eigenvalue weighted by Crippen LogP contribution is -2.46. The van der Waals surface area contributed by atoms with Gasteiger partial charge in [0, 0.05) is 31.8 Å². The molecule has 0 unspecified atom stereocenters. The smallest absolute Gasteiger partial charge is 0.223 e. The maximum absolute atomic E-state index is 12.2. The van der Waals surface area contributed by atoms with E-state index in [0.29, 0.717) is 19.4 Å². The molecule has 1 aliphatic heterocycles. The molecule has 0 N–H and O–H groups in total. The van der Waals surface area contributed by atoms with E-state index in [1.165, 1.54) is 5.56 Å². The molecule has 1 aromatic heterocycles. The van der Waals surface area contributed by atoms with Crippen molar-refractivity contribution in [2.75, 3.05) is 6.54 Å². The third kappa shape index (κ3) is 3.00. The Labute approximate surface area is 113 Å². The van der Waals surface area contributed by atoms with E-state index in [4.69, 9.17) is 0 Å². The Morgan fingerprint density at radius 2 is 2.05 bits per heavy atom. The van der Waals surface area contributed by atoms with Gasteiger partial charge >= 0.3 is 0 Å². The highest BCUT2D eigenvalue weighted by Gasteiger charge is 2.42. The minimum absolute atomic E-state index is 0.0879. The Balaban J connectivity index is 1.84. The lowest BCUT2D eigenvalue weighted by atomic mass is 10.00. The summed E-state index contributed by atoms with van der Waals surface area (Å²) in [5.41, 5.74) is 0.577. The van der Waals surface area contributed by atoms with Crippen LogP contribution >= 0.6 is 0 Å². The predicted molar refractivity (Wildman–Crippen MR) is 72.6 cm³/mol. The van der Waals surface area contributed by atoms with Crippen molar-refractivity contribution in [1.29, 1.82) is 0 Å². The molecule has 4 heteroatoms. The first-order valence-corrected chi connectivity index (χ1v) is 6.74. The highest BCUT2D eigenvalue weighted by molar-refractivity contribution is 5.95. The van der Waals surface area contributed by atoms with Crippen molar-refractivity contribution in [3.63, 3.8) is 0 Å². The molecule has 2 heterocycles. The first kappa shape index (κ1) is 13.7. The van der Waals surface area contributed by atoms with Gasteiger partial charge in [0.15, 0.2) is 5.78 Å². The molecule has 1 amide bonds. The molecule has 1 fully saturated rings. The number of carbonyl (C=O) groups excluding carboxylic acids is 2. The average Bonchev–Trinajstić information content (AvgIpc) is 2.65. The van der Waals surface area contributed by atoms with E-state index in [2.05, 4.69) is 4.98 Å². The Morgan fingerprint density at radius 1 is 1.37 bits per heavy atom. The minimum Gasteiger partial charge on any atom is -0.330 e. The minimum atomic E-state index is -0.617. The molecule has 0 atom stereocenters. The molecule has 0 aliphatic carbocycles. The second-order valence-electron chi connectivity index (χ2n) is 5.49. The number of Topliss-reactive ketones (excluding diaryl/α,β-unsaturated/α-hetero) is 1. The molecule has 1 saturated heterocycles. The first-order chi connectivity index (χ1) is 9.01. The van der Waals surface area contributed by atoms with Gasteiger partial charge in [-0.2, -0.15) is 0 Å². The zero-order valence-corrected chi connectivity index (χ0v) is 11.6. The molecule has 102 valence electrons. The summed E-state index contributed by atoms with van der Waals surface area (Å²) in [6.45, 7) is 4.24. The van der Waals surface area contributed by atoms with Crippen LogP contribution in [-0.4, -0.2) is 33.7 Å². The van der Waals surface area contributed by atoms with Crippen LogP contribution in [0.1, 0.15) is 38.7 Å². The van der Waals surface area contributed by atoms with E-state index < -0.39 is 5.54 Å². The number of likely N-dealkylation sites (tertiary alicyclic amines) is 1. The van der Waals surface area contributed by atoms with E-state index in [9.17, 15) is 9.59 Å². The van der Waals surface area contributed by atoms with Crippen molar-refractivity contribution in [2.45, 2.75) is 45.1 Å². The SMILES string of the molecule is CC1(C)C(=O)CCN1C(=O)CCCc1ccncc1. The molecular weight excluding hydrogens is 240 g/mol. The fraction of sp³-hybridized carbons (Fsp3) is 0.533. The van der Waals surface area contributed by atoms with Gasteiger partial charge in [-0.25, -0.2) is 0 Å². The summed E-state index contributed by atoms with van der Waals surface area (Å²) in [5, 5.41) is 0. The average molecular weight is 260 g/mol. The van der Waals surface area contributed by atoms with Gasteiger partial charge in [0.2, 0.25) is 5.91 Å². The molecule has 0 aromatic carbocycles. The Kier molecular flexibility index (Phi) is 3.98.